The third-order valence-electron chi connectivity index (χ3n) is 7.34. The molecule has 2 unspecified atom stereocenters. The number of esters is 1. The molecular weight excluding hydrogens is 442 g/mol. The first kappa shape index (κ1) is 31.1. The zero-order valence-electron chi connectivity index (χ0n) is 24.2. The molecule has 0 radical (unpaired) electrons. The van der Waals surface area contributed by atoms with Crippen molar-refractivity contribution in [3.05, 3.63) is 11.6 Å². The van der Waals surface area contributed by atoms with Crippen LogP contribution in [0.4, 0.5) is 0 Å². The monoisotopic (exact) mass is 493 g/mol. The van der Waals surface area contributed by atoms with Gasteiger partial charge in [0.1, 0.15) is 6.04 Å². The Morgan fingerprint density at radius 1 is 1.11 bits per heavy atom. The molecule has 1 aliphatic heterocycles. The van der Waals surface area contributed by atoms with Gasteiger partial charge in [0, 0.05) is 18.2 Å². The van der Waals surface area contributed by atoms with E-state index in [1.807, 2.05) is 34.6 Å². The molecule has 7 heteroatoms. The summed E-state index contributed by atoms with van der Waals surface area (Å²) in [6, 6.07) is -1.24. The number of carbonyl (C=O) groups is 3. The molecule has 1 N–H and O–H groups in total. The van der Waals surface area contributed by atoms with Gasteiger partial charge in [0.15, 0.2) is 0 Å². The van der Waals surface area contributed by atoms with Gasteiger partial charge in [-0.1, -0.05) is 54.0 Å². The van der Waals surface area contributed by atoms with E-state index in [0.717, 1.165) is 32.2 Å². The van der Waals surface area contributed by atoms with Crippen molar-refractivity contribution in [1.82, 2.24) is 15.1 Å². The van der Waals surface area contributed by atoms with Crippen molar-refractivity contribution in [1.29, 1.82) is 0 Å². The number of likely N-dealkylation sites (tertiary alicyclic amines) is 1. The molecule has 1 heterocycles. The Labute approximate surface area is 214 Å². The lowest BCUT2D eigenvalue weighted by Gasteiger charge is -2.46. The van der Waals surface area contributed by atoms with Gasteiger partial charge in [-0.3, -0.25) is 14.5 Å². The third-order valence-corrected chi connectivity index (χ3v) is 7.34. The van der Waals surface area contributed by atoms with Crippen molar-refractivity contribution >= 4 is 17.8 Å². The first-order valence-corrected chi connectivity index (χ1v) is 13.3. The van der Waals surface area contributed by atoms with Crippen molar-refractivity contribution in [2.45, 2.75) is 119 Å². The van der Waals surface area contributed by atoms with E-state index in [4.69, 9.17) is 4.74 Å². The van der Waals surface area contributed by atoms with E-state index in [-0.39, 0.29) is 41.3 Å². The molecule has 0 aromatic carbocycles. The maximum absolute atomic E-state index is 13.8. The largest absolute Gasteiger partial charge is 0.463 e. The van der Waals surface area contributed by atoms with Crippen molar-refractivity contribution in [2.75, 3.05) is 20.2 Å². The molecule has 2 amide bonds. The predicted octanol–water partition coefficient (Wildman–Crippen LogP) is 4.55. The van der Waals surface area contributed by atoms with Gasteiger partial charge in [-0.2, -0.15) is 0 Å². The Balaban J connectivity index is 3.21. The van der Waals surface area contributed by atoms with Crippen LogP contribution < -0.4 is 5.32 Å². The van der Waals surface area contributed by atoms with Gasteiger partial charge in [0.25, 0.3) is 0 Å². The summed E-state index contributed by atoms with van der Waals surface area (Å²) in [5.74, 6) is -0.541. The summed E-state index contributed by atoms with van der Waals surface area (Å²) in [5, 5.41) is 3.14. The van der Waals surface area contributed by atoms with E-state index in [9.17, 15) is 14.4 Å². The number of likely N-dealkylation sites (N-methyl/N-ethyl adjacent to an activating group) is 1. The lowest BCUT2D eigenvalue weighted by molar-refractivity contribution is -0.143. The number of nitrogens with one attached hydrogen (secondary N) is 1. The maximum Gasteiger partial charge on any atom is 0.333 e. The number of nitrogens with zero attached hydrogens (tertiary/aromatic N) is 2. The second kappa shape index (κ2) is 12.9. The second-order valence-corrected chi connectivity index (χ2v) is 11.9. The fourth-order valence-electron chi connectivity index (χ4n) is 4.69. The first-order valence-electron chi connectivity index (χ1n) is 13.3. The number of carbonyl (C=O) groups excluding carboxylic acids is 3. The first-order chi connectivity index (χ1) is 16.1. The second-order valence-electron chi connectivity index (χ2n) is 11.9. The fourth-order valence-corrected chi connectivity index (χ4v) is 4.69. The minimum atomic E-state index is -0.689. The van der Waals surface area contributed by atoms with Crippen LogP contribution >= 0.6 is 0 Å². The Morgan fingerprint density at radius 2 is 1.71 bits per heavy atom. The number of hydrogen-bond acceptors (Lipinski definition) is 5. The summed E-state index contributed by atoms with van der Waals surface area (Å²) in [6.45, 7) is 21.1. The Bertz CT molecular complexity index is 767. The average molecular weight is 494 g/mol. The molecule has 0 aromatic rings. The smallest absolute Gasteiger partial charge is 0.333 e. The average Bonchev–Trinajstić information content (AvgIpc) is 2.78. The zero-order valence-corrected chi connectivity index (χ0v) is 24.2. The maximum atomic E-state index is 13.8. The Kier molecular flexibility index (Phi) is 11.5. The van der Waals surface area contributed by atoms with Crippen molar-refractivity contribution in [3.8, 4) is 0 Å². The van der Waals surface area contributed by atoms with E-state index in [2.05, 4.69) is 31.0 Å². The lowest BCUT2D eigenvalue weighted by atomic mass is 9.84. The number of hydrogen-bond donors (Lipinski definition) is 1. The normalized spacial score (nSPS) is 19.8. The Hall–Kier alpha value is -1.89. The minimum Gasteiger partial charge on any atom is -0.463 e. The standard InChI is InChI=1S/C28H51N3O4/c1-12-28(9,10)31-17-15-14-16-21(31)24(32)29-23(27(6,7)8)25(33)30(11)22(19(3)4)18-20(5)26(34)35-13-2/h18-19,21-23H,12-17H2,1-11H3,(H,29,32)/b20-18+/t21?,22-,23?/m1/s1. The molecule has 3 atom stereocenters. The van der Waals surface area contributed by atoms with Crippen LogP contribution in [0, 0.1) is 11.3 Å². The van der Waals surface area contributed by atoms with E-state index in [1.165, 1.54) is 0 Å². The molecule has 0 spiro atoms. The number of rotatable bonds is 10. The molecule has 1 aliphatic rings. The van der Waals surface area contributed by atoms with Crippen LogP contribution in [-0.4, -0.2) is 71.4 Å². The van der Waals surface area contributed by atoms with Crippen molar-refractivity contribution in [3.63, 3.8) is 0 Å². The molecular formula is C28H51N3O4. The van der Waals surface area contributed by atoms with Gasteiger partial charge in [0.05, 0.1) is 18.7 Å². The van der Waals surface area contributed by atoms with E-state index in [0.29, 0.717) is 12.2 Å². The minimum absolute atomic E-state index is 0.0730. The molecule has 0 aliphatic carbocycles. The SMILES string of the molecule is CCOC(=O)/C(C)=C/[C@H](C(C)C)N(C)C(=O)C(NC(=O)C1CCCCN1C(C)(C)CC)C(C)(C)C. The highest BCUT2D eigenvalue weighted by Gasteiger charge is 2.41. The summed E-state index contributed by atoms with van der Waals surface area (Å²) >= 11 is 0. The topological polar surface area (TPSA) is 79.0 Å². The van der Waals surface area contributed by atoms with Crippen LogP contribution in [0.25, 0.3) is 0 Å². The highest BCUT2D eigenvalue weighted by Crippen LogP contribution is 2.30. The van der Waals surface area contributed by atoms with Gasteiger partial charge in [-0.25, -0.2) is 4.79 Å². The fraction of sp³-hybridized carbons (Fsp3) is 0.821. The van der Waals surface area contributed by atoms with Gasteiger partial charge < -0.3 is 15.0 Å². The van der Waals surface area contributed by atoms with E-state index >= 15 is 0 Å². The van der Waals surface area contributed by atoms with Crippen LogP contribution in [0.5, 0.6) is 0 Å². The Morgan fingerprint density at radius 3 is 2.20 bits per heavy atom. The number of ether oxygens (including phenoxy) is 1. The van der Waals surface area contributed by atoms with Crippen LogP contribution in [0.2, 0.25) is 0 Å². The van der Waals surface area contributed by atoms with Gasteiger partial charge >= 0.3 is 5.97 Å². The summed E-state index contributed by atoms with van der Waals surface area (Å²) in [5.41, 5.74) is -0.0953. The van der Waals surface area contributed by atoms with E-state index < -0.39 is 11.5 Å². The molecule has 1 saturated heterocycles. The molecule has 1 fully saturated rings. The number of piperidine rings is 1. The van der Waals surface area contributed by atoms with Crippen molar-refractivity contribution < 1.29 is 19.1 Å². The van der Waals surface area contributed by atoms with Crippen molar-refractivity contribution in [2.24, 2.45) is 11.3 Å². The van der Waals surface area contributed by atoms with Crippen LogP contribution in [0.3, 0.4) is 0 Å². The third kappa shape index (κ3) is 8.33. The molecule has 0 bridgehead atoms. The summed E-state index contributed by atoms with van der Waals surface area (Å²) in [4.78, 5) is 43.6. The molecule has 35 heavy (non-hydrogen) atoms. The summed E-state index contributed by atoms with van der Waals surface area (Å²) in [7, 11) is 1.75. The van der Waals surface area contributed by atoms with Gasteiger partial charge in [-0.05, 0) is 64.8 Å². The summed E-state index contributed by atoms with van der Waals surface area (Å²) in [6.07, 6.45) is 5.64. The van der Waals surface area contributed by atoms with Gasteiger partial charge in [0.2, 0.25) is 11.8 Å². The highest BCUT2D eigenvalue weighted by molar-refractivity contribution is 5.91. The lowest BCUT2D eigenvalue weighted by Crippen LogP contribution is -2.62. The molecule has 7 nitrogen and oxygen atoms in total. The highest BCUT2D eigenvalue weighted by atomic mass is 16.5. The summed E-state index contributed by atoms with van der Waals surface area (Å²) < 4.78 is 5.12. The van der Waals surface area contributed by atoms with Crippen LogP contribution in [0.15, 0.2) is 11.6 Å². The predicted molar refractivity (Wildman–Crippen MR) is 142 cm³/mol. The number of amides is 2. The van der Waals surface area contributed by atoms with Crippen LogP contribution in [-0.2, 0) is 19.1 Å². The molecule has 202 valence electrons. The van der Waals surface area contributed by atoms with Crippen LogP contribution in [0.1, 0.15) is 94.9 Å². The zero-order chi connectivity index (χ0) is 27.1. The molecule has 0 saturated carbocycles. The quantitative estimate of drug-likeness (QED) is 0.357. The van der Waals surface area contributed by atoms with E-state index in [1.54, 1.807) is 31.9 Å². The molecule has 0 aromatic heterocycles. The molecule has 1 rings (SSSR count). The van der Waals surface area contributed by atoms with Gasteiger partial charge in [-0.15, -0.1) is 0 Å².